The van der Waals surface area contributed by atoms with E-state index in [9.17, 15) is 9.90 Å². The average molecular weight is 264 g/mol. The van der Waals surface area contributed by atoms with Gasteiger partial charge in [0.25, 0.3) is 0 Å². The summed E-state index contributed by atoms with van der Waals surface area (Å²) in [4.78, 5) is 13.9. The number of nitrogen functional groups attached to an aromatic ring is 1. The zero-order valence-electron chi connectivity index (χ0n) is 10.9. The zero-order valence-corrected chi connectivity index (χ0v) is 10.9. The van der Waals surface area contributed by atoms with Crippen LogP contribution < -0.4 is 5.73 Å². The topological polar surface area (TPSA) is 75.8 Å². The molecule has 1 atom stereocenters. The van der Waals surface area contributed by atoms with Crippen molar-refractivity contribution in [2.75, 3.05) is 32.1 Å². The number of carbonyl (C=O) groups is 1. The highest BCUT2D eigenvalue weighted by Crippen LogP contribution is 2.12. The number of benzene rings is 1. The summed E-state index contributed by atoms with van der Waals surface area (Å²) in [6.07, 6.45) is 1.13. The van der Waals surface area contributed by atoms with E-state index < -0.39 is 0 Å². The van der Waals surface area contributed by atoms with E-state index in [1.54, 1.807) is 4.90 Å². The number of amides is 1. The highest BCUT2D eigenvalue weighted by atomic mass is 16.5. The molecule has 0 radical (unpaired) electrons. The lowest BCUT2D eigenvalue weighted by Crippen LogP contribution is -2.50. The van der Waals surface area contributed by atoms with Crippen molar-refractivity contribution in [2.24, 2.45) is 0 Å². The van der Waals surface area contributed by atoms with Crippen molar-refractivity contribution >= 4 is 11.6 Å². The number of nitrogens with zero attached hydrogens (tertiary/aromatic N) is 1. The SMILES string of the molecule is Nc1ccc(CCC(=O)N2CCOCC2CO)cc1. The Bertz CT molecular complexity index is 419. The van der Waals surface area contributed by atoms with Gasteiger partial charge in [-0.3, -0.25) is 4.79 Å². The summed E-state index contributed by atoms with van der Waals surface area (Å²) in [5.74, 6) is 0.0687. The number of aliphatic hydroxyl groups is 1. The van der Waals surface area contributed by atoms with Crippen molar-refractivity contribution < 1.29 is 14.6 Å². The summed E-state index contributed by atoms with van der Waals surface area (Å²) < 4.78 is 5.26. The third-order valence-corrected chi connectivity index (χ3v) is 3.37. The molecule has 104 valence electrons. The number of aliphatic hydroxyl groups excluding tert-OH is 1. The molecule has 1 fully saturated rings. The van der Waals surface area contributed by atoms with Crippen molar-refractivity contribution in [1.82, 2.24) is 4.90 Å². The molecule has 0 aromatic heterocycles. The zero-order chi connectivity index (χ0) is 13.7. The molecule has 1 aliphatic heterocycles. The Labute approximate surface area is 113 Å². The fourth-order valence-corrected chi connectivity index (χ4v) is 2.21. The Morgan fingerprint density at radius 3 is 2.84 bits per heavy atom. The quantitative estimate of drug-likeness (QED) is 0.773. The third-order valence-electron chi connectivity index (χ3n) is 3.37. The number of hydrogen-bond donors (Lipinski definition) is 2. The number of hydrogen-bond acceptors (Lipinski definition) is 4. The minimum atomic E-state index is -0.201. The Kier molecular flexibility index (Phi) is 4.76. The molecule has 1 aliphatic rings. The van der Waals surface area contributed by atoms with Gasteiger partial charge in [-0.25, -0.2) is 0 Å². The van der Waals surface area contributed by atoms with Crippen LogP contribution in [0.1, 0.15) is 12.0 Å². The van der Waals surface area contributed by atoms with Gasteiger partial charge < -0.3 is 20.5 Å². The lowest BCUT2D eigenvalue weighted by molar-refractivity contribution is -0.141. The number of morpholine rings is 1. The Morgan fingerprint density at radius 1 is 1.42 bits per heavy atom. The van der Waals surface area contributed by atoms with Crippen LogP contribution in [0.25, 0.3) is 0 Å². The van der Waals surface area contributed by atoms with Crippen molar-refractivity contribution in [3.8, 4) is 0 Å². The first-order valence-corrected chi connectivity index (χ1v) is 6.53. The molecule has 0 spiro atoms. The molecule has 2 rings (SSSR count). The van der Waals surface area contributed by atoms with Gasteiger partial charge in [0.1, 0.15) is 0 Å². The molecule has 1 amide bonds. The average Bonchev–Trinajstić information content (AvgIpc) is 2.46. The lowest BCUT2D eigenvalue weighted by atomic mass is 10.1. The molecule has 1 heterocycles. The molecule has 5 nitrogen and oxygen atoms in total. The van der Waals surface area contributed by atoms with Crippen molar-refractivity contribution in [3.05, 3.63) is 29.8 Å². The predicted molar refractivity (Wildman–Crippen MR) is 72.6 cm³/mol. The molecule has 1 unspecified atom stereocenters. The van der Waals surface area contributed by atoms with Gasteiger partial charge in [0.15, 0.2) is 0 Å². The first-order chi connectivity index (χ1) is 9.20. The maximum Gasteiger partial charge on any atom is 0.223 e. The predicted octanol–water partition coefficient (Wildman–Crippen LogP) is 0.421. The minimum Gasteiger partial charge on any atom is -0.399 e. The van der Waals surface area contributed by atoms with Crippen molar-refractivity contribution in [2.45, 2.75) is 18.9 Å². The van der Waals surface area contributed by atoms with E-state index in [0.29, 0.717) is 32.6 Å². The van der Waals surface area contributed by atoms with E-state index in [1.165, 1.54) is 0 Å². The Hall–Kier alpha value is -1.59. The van der Waals surface area contributed by atoms with E-state index in [0.717, 1.165) is 11.3 Å². The lowest BCUT2D eigenvalue weighted by Gasteiger charge is -2.34. The number of ether oxygens (including phenoxy) is 1. The number of anilines is 1. The van der Waals surface area contributed by atoms with Gasteiger partial charge in [-0.1, -0.05) is 12.1 Å². The molecule has 1 aromatic rings. The largest absolute Gasteiger partial charge is 0.399 e. The number of rotatable bonds is 4. The first kappa shape index (κ1) is 13.8. The Balaban J connectivity index is 1.87. The minimum absolute atomic E-state index is 0.0480. The number of nitrogens with two attached hydrogens (primary N) is 1. The van der Waals surface area contributed by atoms with Gasteiger partial charge in [0, 0.05) is 18.7 Å². The van der Waals surface area contributed by atoms with E-state index in [2.05, 4.69) is 0 Å². The molecule has 3 N–H and O–H groups in total. The van der Waals surface area contributed by atoms with Gasteiger partial charge in [-0.2, -0.15) is 0 Å². The Morgan fingerprint density at radius 2 is 2.16 bits per heavy atom. The van der Waals surface area contributed by atoms with Crippen LogP contribution in [-0.4, -0.2) is 48.3 Å². The summed E-state index contributed by atoms with van der Waals surface area (Å²) in [5, 5.41) is 9.24. The monoisotopic (exact) mass is 264 g/mol. The van der Waals surface area contributed by atoms with Crippen LogP contribution >= 0.6 is 0 Å². The molecule has 1 saturated heterocycles. The highest BCUT2D eigenvalue weighted by Gasteiger charge is 2.26. The van der Waals surface area contributed by atoms with Crippen LogP contribution in [-0.2, 0) is 16.0 Å². The van der Waals surface area contributed by atoms with Gasteiger partial charge in [-0.15, -0.1) is 0 Å². The molecular weight excluding hydrogens is 244 g/mol. The number of aryl methyl sites for hydroxylation is 1. The third kappa shape index (κ3) is 3.68. The summed E-state index contributed by atoms with van der Waals surface area (Å²) in [7, 11) is 0. The first-order valence-electron chi connectivity index (χ1n) is 6.53. The van der Waals surface area contributed by atoms with E-state index in [4.69, 9.17) is 10.5 Å². The molecule has 0 aliphatic carbocycles. The fraction of sp³-hybridized carbons (Fsp3) is 0.500. The van der Waals surface area contributed by atoms with Crippen molar-refractivity contribution in [3.63, 3.8) is 0 Å². The van der Waals surface area contributed by atoms with Crippen molar-refractivity contribution in [1.29, 1.82) is 0 Å². The normalized spacial score (nSPS) is 19.4. The molecular formula is C14H20N2O3. The number of carbonyl (C=O) groups excluding carboxylic acids is 1. The van der Waals surface area contributed by atoms with Crippen LogP contribution in [0.3, 0.4) is 0 Å². The standard InChI is InChI=1S/C14H20N2O3/c15-12-4-1-11(2-5-12)3-6-14(18)16-7-8-19-10-13(16)9-17/h1-2,4-5,13,17H,3,6-10,15H2. The summed E-state index contributed by atoms with van der Waals surface area (Å²) in [6, 6.07) is 7.35. The smallest absolute Gasteiger partial charge is 0.223 e. The summed E-state index contributed by atoms with van der Waals surface area (Å²) in [5.41, 5.74) is 7.44. The fourth-order valence-electron chi connectivity index (χ4n) is 2.21. The van der Waals surface area contributed by atoms with Gasteiger partial charge in [0.2, 0.25) is 5.91 Å². The maximum atomic E-state index is 12.1. The molecule has 1 aromatic carbocycles. The van der Waals surface area contributed by atoms with E-state index in [-0.39, 0.29) is 18.6 Å². The molecule has 19 heavy (non-hydrogen) atoms. The van der Waals surface area contributed by atoms with Crippen LogP contribution in [0, 0.1) is 0 Å². The second-order valence-electron chi connectivity index (χ2n) is 4.74. The second kappa shape index (κ2) is 6.54. The van der Waals surface area contributed by atoms with Crippen LogP contribution in [0.5, 0.6) is 0 Å². The second-order valence-corrected chi connectivity index (χ2v) is 4.74. The van der Waals surface area contributed by atoms with Gasteiger partial charge >= 0.3 is 0 Å². The molecule has 0 bridgehead atoms. The van der Waals surface area contributed by atoms with Gasteiger partial charge in [0.05, 0.1) is 25.9 Å². The highest BCUT2D eigenvalue weighted by molar-refractivity contribution is 5.77. The van der Waals surface area contributed by atoms with Crippen LogP contribution in [0.15, 0.2) is 24.3 Å². The van der Waals surface area contributed by atoms with Gasteiger partial charge in [-0.05, 0) is 24.1 Å². The van der Waals surface area contributed by atoms with E-state index >= 15 is 0 Å². The maximum absolute atomic E-state index is 12.1. The summed E-state index contributed by atoms with van der Waals surface area (Å²) in [6.45, 7) is 1.48. The van der Waals surface area contributed by atoms with E-state index in [1.807, 2.05) is 24.3 Å². The van der Waals surface area contributed by atoms with Crippen LogP contribution in [0.4, 0.5) is 5.69 Å². The molecule has 5 heteroatoms. The summed E-state index contributed by atoms with van der Waals surface area (Å²) >= 11 is 0. The van der Waals surface area contributed by atoms with Crippen LogP contribution in [0.2, 0.25) is 0 Å². The molecule has 0 saturated carbocycles.